The summed E-state index contributed by atoms with van der Waals surface area (Å²) in [5.41, 5.74) is 0.447. The van der Waals surface area contributed by atoms with E-state index in [-0.39, 0.29) is 29.3 Å². The normalized spacial score (nSPS) is 23.2. The molecule has 1 amide bonds. The maximum Gasteiger partial charge on any atom is 0.310 e. The predicted molar refractivity (Wildman–Crippen MR) is 105 cm³/mol. The molecule has 0 aromatic heterocycles. The highest BCUT2D eigenvalue weighted by molar-refractivity contribution is 7.89. The first-order valence-electron chi connectivity index (χ1n) is 9.60. The molecule has 1 fully saturated rings. The SMILES string of the molecule is CCN(CC)S(=O)(=O)c1ccc(NC(=O)COC(=O)[C@H]2C[C@@H]3C=C[C@H]2C3)cc1. The summed E-state index contributed by atoms with van der Waals surface area (Å²) in [4.78, 5) is 24.4. The molecule has 2 aliphatic carbocycles. The number of nitrogens with one attached hydrogen (secondary N) is 1. The Balaban J connectivity index is 1.52. The zero-order valence-electron chi connectivity index (χ0n) is 16.1. The van der Waals surface area contributed by atoms with Gasteiger partial charge in [-0.25, -0.2) is 8.42 Å². The smallest absolute Gasteiger partial charge is 0.310 e. The molecule has 1 saturated carbocycles. The lowest BCUT2D eigenvalue weighted by molar-refractivity contribution is -0.152. The summed E-state index contributed by atoms with van der Waals surface area (Å²) in [5, 5.41) is 2.62. The lowest BCUT2D eigenvalue weighted by Crippen LogP contribution is -2.30. The fraction of sp³-hybridized carbons (Fsp3) is 0.500. The molecule has 3 atom stereocenters. The van der Waals surface area contributed by atoms with E-state index < -0.39 is 15.9 Å². The number of esters is 1. The number of anilines is 1. The van der Waals surface area contributed by atoms with Crippen LogP contribution < -0.4 is 5.32 Å². The molecule has 2 bridgehead atoms. The van der Waals surface area contributed by atoms with E-state index in [4.69, 9.17) is 4.74 Å². The lowest BCUT2D eigenvalue weighted by Gasteiger charge is -2.18. The number of fused-ring (bicyclic) bond motifs is 2. The van der Waals surface area contributed by atoms with Crippen molar-refractivity contribution in [2.75, 3.05) is 25.0 Å². The minimum Gasteiger partial charge on any atom is -0.455 e. The molecule has 1 N–H and O–H groups in total. The van der Waals surface area contributed by atoms with Gasteiger partial charge in [-0.3, -0.25) is 9.59 Å². The highest BCUT2D eigenvalue weighted by Gasteiger charge is 2.40. The van der Waals surface area contributed by atoms with Crippen molar-refractivity contribution in [2.45, 2.75) is 31.6 Å². The number of amides is 1. The van der Waals surface area contributed by atoms with E-state index in [1.165, 1.54) is 28.6 Å². The Morgan fingerprint density at radius 2 is 1.79 bits per heavy atom. The van der Waals surface area contributed by atoms with Gasteiger partial charge in [0.2, 0.25) is 10.0 Å². The molecule has 0 unspecified atom stereocenters. The fourth-order valence-electron chi connectivity index (χ4n) is 3.92. The van der Waals surface area contributed by atoms with E-state index in [1.807, 2.05) is 0 Å². The molecule has 7 nitrogen and oxygen atoms in total. The van der Waals surface area contributed by atoms with Crippen LogP contribution in [0.2, 0.25) is 0 Å². The minimum atomic E-state index is -3.54. The van der Waals surface area contributed by atoms with E-state index in [1.54, 1.807) is 13.8 Å². The van der Waals surface area contributed by atoms with Crippen LogP contribution in [0.25, 0.3) is 0 Å². The molecule has 152 valence electrons. The molecule has 1 aromatic carbocycles. The summed E-state index contributed by atoms with van der Waals surface area (Å²) in [5.74, 6) is -0.227. The van der Waals surface area contributed by atoms with Gasteiger partial charge in [0.15, 0.2) is 6.61 Å². The maximum absolute atomic E-state index is 12.5. The van der Waals surface area contributed by atoms with Gasteiger partial charge < -0.3 is 10.1 Å². The molecule has 1 aromatic rings. The summed E-state index contributed by atoms with van der Waals surface area (Å²) < 4.78 is 31.5. The summed E-state index contributed by atoms with van der Waals surface area (Å²) in [6.07, 6.45) is 6.00. The van der Waals surface area contributed by atoms with Gasteiger partial charge in [0.25, 0.3) is 5.91 Å². The first kappa shape index (κ1) is 20.5. The first-order valence-corrected chi connectivity index (χ1v) is 11.0. The van der Waals surface area contributed by atoms with E-state index in [0.29, 0.717) is 24.7 Å². The summed E-state index contributed by atoms with van der Waals surface area (Å²) >= 11 is 0. The largest absolute Gasteiger partial charge is 0.455 e. The van der Waals surface area contributed by atoms with E-state index in [9.17, 15) is 18.0 Å². The van der Waals surface area contributed by atoms with Crippen molar-refractivity contribution in [3.05, 3.63) is 36.4 Å². The molecular weight excluding hydrogens is 380 g/mol. The molecule has 2 aliphatic rings. The number of ether oxygens (including phenoxy) is 1. The van der Waals surface area contributed by atoms with Crippen LogP contribution in [0.5, 0.6) is 0 Å². The van der Waals surface area contributed by atoms with Crippen molar-refractivity contribution in [1.29, 1.82) is 0 Å². The average Bonchev–Trinajstić information content (AvgIpc) is 3.31. The second-order valence-corrected chi connectivity index (χ2v) is 9.09. The Labute approximate surface area is 165 Å². The lowest BCUT2D eigenvalue weighted by atomic mass is 9.94. The third kappa shape index (κ3) is 4.28. The van der Waals surface area contributed by atoms with Crippen molar-refractivity contribution in [3.63, 3.8) is 0 Å². The Morgan fingerprint density at radius 3 is 2.32 bits per heavy atom. The Kier molecular flexibility index (Phi) is 6.20. The van der Waals surface area contributed by atoms with Crippen molar-refractivity contribution < 1.29 is 22.7 Å². The number of sulfonamides is 1. The summed E-state index contributed by atoms with van der Waals surface area (Å²) in [7, 11) is -3.54. The number of carbonyl (C=O) groups is 2. The summed E-state index contributed by atoms with van der Waals surface area (Å²) in [6.45, 7) is 3.99. The Morgan fingerprint density at radius 1 is 1.11 bits per heavy atom. The molecule has 0 spiro atoms. The first-order chi connectivity index (χ1) is 13.3. The van der Waals surface area contributed by atoms with Gasteiger partial charge in [-0.2, -0.15) is 4.31 Å². The monoisotopic (exact) mass is 406 g/mol. The van der Waals surface area contributed by atoms with Crippen LogP contribution in [0.3, 0.4) is 0 Å². The highest BCUT2D eigenvalue weighted by Crippen LogP contribution is 2.43. The number of carbonyl (C=O) groups excluding carboxylic acids is 2. The summed E-state index contributed by atoms with van der Waals surface area (Å²) in [6, 6.07) is 5.96. The molecule has 8 heteroatoms. The number of allylic oxidation sites excluding steroid dienone is 2. The van der Waals surface area contributed by atoms with Crippen LogP contribution in [-0.4, -0.2) is 44.3 Å². The molecule has 0 radical (unpaired) electrons. The average molecular weight is 407 g/mol. The van der Waals surface area contributed by atoms with Crippen molar-refractivity contribution in [1.82, 2.24) is 4.31 Å². The van der Waals surface area contributed by atoms with Crippen LogP contribution in [0.15, 0.2) is 41.3 Å². The standard InChI is InChI=1S/C20H26N2O5S/c1-3-22(4-2)28(25,26)17-9-7-16(8-10-17)21-19(23)13-27-20(24)18-12-14-5-6-15(18)11-14/h5-10,14-15,18H,3-4,11-13H2,1-2H3,(H,21,23)/t14-,15+,18+/m1/s1. The van der Waals surface area contributed by atoms with Gasteiger partial charge in [0.1, 0.15) is 0 Å². The second kappa shape index (κ2) is 8.45. The quantitative estimate of drug-likeness (QED) is 0.529. The van der Waals surface area contributed by atoms with Crippen LogP contribution in [0.1, 0.15) is 26.7 Å². The van der Waals surface area contributed by atoms with Gasteiger partial charge in [-0.1, -0.05) is 26.0 Å². The second-order valence-electron chi connectivity index (χ2n) is 7.16. The minimum absolute atomic E-state index is 0.146. The van der Waals surface area contributed by atoms with Crippen LogP contribution in [0, 0.1) is 17.8 Å². The molecule has 0 heterocycles. The Bertz CT molecular complexity index is 859. The molecule has 28 heavy (non-hydrogen) atoms. The van der Waals surface area contributed by atoms with Gasteiger partial charge in [0, 0.05) is 18.8 Å². The van der Waals surface area contributed by atoms with Crippen LogP contribution >= 0.6 is 0 Å². The third-order valence-electron chi connectivity index (χ3n) is 5.41. The number of hydrogen-bond acceptors (Lipinski definition) is 5. The zero-order valence-corrected chi connectivity index (χ0v) is 16.9. The molecule has 3 rings (SSSR count). The number of benzene rings is 1. The predicted octanol–water partition coefficient (Wildman–Crippen LogP) is 2.41. The zero-order chi connectivity index (χ0) is 20.3. The molecular formula is C20H26N2O5S. The van der Waals surface area contributed by atoms with E-state index in [0.717, 1.165) is 12.8 Å². The number of nitrogens with zero attached hydrogens (tertiary/aromatic N) is 1. The molecule has 0 saturated heterocycles. The van der Waals surface area contributed by atoms with Crippen LogP contribution in [0.4, 0.5) is 5.69 Å². The number of rotatable bonds is 8. The highest BCUT2D eigenvalue weighted by atomic mass is 32.2. The Hall–Kier alpha value is -2.19. The molecule has 0 aliphatic heterocycles. The van der Waals surface area contributed by atoms with E-state index >= 15 is 0 Å². The fourth-order valence-corrected chi connectivity index (χ4v) is 5.37. The van der Waals surface area contributed by atoms with Crippen molar-refractivity contribution >= 4 is 27.6 Å². The topological polar surface area (TPSA) is 92.8 Å². The van der Waals surface area contributed by atoms with Gasteiger partial charge in [-0.15, -0.1) is 0 Å². The van der Waals surface area contributed by atoms with Crippen molar-refractivity contribution in [2.24, 2.45) is 17.8 Å². The van der Waals surface area contributed by atoms with E-state index in [2.05, 4.69) is 17.5 Å². The van der Waals surface area contributed by atoms with Gasteiger partial charge >= 0.3 is 5.97 Å². The maximum atomic E-state index is 12.5. The van der Waals surface area contributed by atoms with Crippen LogP contribution in [-0.2, 0) is 24.3 Å². The van der Waals surface area contributed by atoms with Gasteiger partial charge in [-0.05, 0) is 48.9 Å². The van der Waals surface area contributed by atoms with Crippen molar-refractivity contribution in [3.8, 4) is 0 Å². The third-order valence-corrected chi connectivity index (χ3v) is 7.47. The number of hydrogen-bond donors (Lipinski definition) is 1. The van der Waals surface area contributed by atoms with Gasteiger partial charge in [0.05, 0.1) is 10.8 Å².